The van der Waals surface area contributed by atoms with Crippen LogP contribution in [0.3, 0.4) is 0 Å². The van der Waals surface area contributed by atoms with Gasteiger partial charge in [-0.05, 0) is 25.8 Å². The van der Waals surface area contributed by atoms with Gasteiger partial charge in [0.15, 0.2) is 5.96 Å². The van der Waals surface area contributed by atoms with E-state index in [2.05, 4.69) is 32.6 Å². The molecule has 0 saturated heterocycles. The Labute approximate surface area is 119 Å². The minimum atomic E-state index is 0.473. The summed E-state index contributed by atoms with van der Waals surface area (Å²) >= 11 is 0. The Balaban J connectivity index is 1.80. The molecule has 106 valence electrons. The van der Waals surface area contributed by atoms with Crippen LogP contribution in [-0.2, 0) is 13.0 Å². The lowest BCUT2D eigenvalue weighted by atomic mass is 10.1. The largest absolute Gasteiger partial charge is 0.370 e. The zero-order valence-corrected chi connectivity index (χ0v) is 12.0. The molecular weight excluding hydrogens is 250 g/mol. The van der Waals surface area contributed by atoms with E-state index < -0.39 is 0 Å². The van der Waals surface area contributed by atoms with Crippen molar-refractivity contribution in [2.24, 2.45) is 10.7 Å². The zero-order valence-electron chi connectivity index (χ0n) is 12.0. The van der Waals surface area contributed by atoms with Crippen molar-refractivity contribution in [3.8, 4) is 0 Å². The SMILES string of the molecule is Cc1n[nH]c(C)c1CN=C(N)NCCc1ccccc1. The van der Waals surface area contributed by atoms with Crippen LogP contribution in [0.1, 0.15) is 22.5 Å². The Kier molecular flexibility index (Phi) is 4.76. The van der Waals surface area contributed by atoms with Crippen molar-refractivity contribution in [1.82, 2.24) is 15.5 Å². The molecule has 0 atom stereocenters. The molecule has 0 aliphatic carbocycles. The number of rotatable bonds is 5. The van der Waals surface area contributed by atoms with Crippen LogP contribution in [0.2, 0.25) is 0 Å². The van der Waals surface area contributed by atoms with Crippen molar-refractivity contribution < 1.29 is 0 Å². The van der Waals surface area contributed by atoms with Gasteiger partial charge >= 0.3 is 0 Å². The highest BCUT2D eigenvalue weighted by molar-refractivity contribution is 5.77. The highest BCUT2D eigenvalue weighted by atomic mass is 15.1. The van der Waals surface area contributed by atoms with E-state index in [1.807, 2.05) is 32.0 Å². The van der Waals surface area contributed by atoms with Crippen LogP contribution in [0.15, 0.2) is 35.3 Å². The molecule has 0 unspecified atom stereocenters. The average molecular weight is 271 g/mol. The van der Waals surface area contributed by atoms with Gasteiger partial charge in [-0.25, -0.2) is 4.99 Å². The first kappa shape index (κ1) is 14.1. The molecule has 5 heteroatoms. The predicted molar refractivity (Wildman–Crippen MR) is 81.5 cm³/mol. The van der Waals surface area contributed by atoms with Crippen LogP contribution < -0.4 is 11.1 Å². The Morgan fingerprint density at radius 3 is 2.70 bits per heavy atom. The number of nitrogens with zero attached hydrogens (tertiary/aromatic N) is 2. The number of aromatic nitrogens is 2. The normalized spacial score (nSPS) is 11.6. The molecule has 0 aliphatic heterocycles. The van der Waals surface area contributed by atoms with E-state index in [9.17, 15) is 0 Å². The zero-order chi connectivity index (χ0) is 14.4. The summed E-state index contributed by atoms with van der Waals surface area (Å²) in [4.78, 5) is 4.34. The molecule has 0 aliphatic rings. The minimum absolute atomic E-state index is 0.473. The third-order valence-corrected chi connectivity index (χ3v) is 3.25. The standard InChI is InChI=1S/C15H21N5/c1-11-14(12(2)20-19-11)10-18-15(16)17-9-8-13-6-4-3-5-7-13/h3-7H,8-10H2,1-2H3,(H,19,20)(H3,16,17,18). The molecule has 0 saturated carbocycles. The number of aromatic amines is 1. The van der Waals surface area contributed by atoms with Crippen molar-refractivity contribution in [3.05, 3.63) is 52.8 Å². The Morgan fingerprint density at radius 1 is 1.30 bits per heavy atom. The second-order valence-corrected chi connectivity index (χ2v) is 4.78. The van der Waals surface area contributed by atoms with E-state index in [1.165, 1.54) is 5.56 Å². The van der Waals surface area contributed by atoms with E-state index in [0.717, 1.165) is 29.9 Å². The molecule has 1 aromatic heterocycles. The molecule has 0 bridgehead atoms. The molecule has 0 fully saturated rings. The monoisotopic (exact) mass is 271 g/mol. The molecule has 0 radical (unpaired) electrons. The summed E-state index contributed by atoms with van der Waals surface area (Å²) < 4.78 is 0. The van der Waals surface area contributed by atoms with E-state index in [4.69, 9.17) is 5.73 Å². The second-order valence-electron chi connectivity index (χ2n) is 4.78. The van der Waals surface area contributed by atoms with Gasteiger partial charge in [0.1, 0.15) is 0 Å². The van der Waals surface area contributed by atoms with Gasteiger partial charge in [0.2, 0.25) is 0 Å². The smallest absolute Gasteiger partial charge is 0.188 e. The molecule has 20 heavy (non-hydrogen) atoms. The molecular formula is C15H21N5. The van der Waals surface area contributed by atoms with Crippen LogP contribution in [0.5, 0.6) is 0 Å². The third-order valence-electron chi connectivity index (χ3n) is 3.25. The van der Waals surface area contributed by atoms with Crippen LogP contribution in [0.4, 0.5) is 0 Å². The lowest BCUT2D eigenvalue weighted by Crippen LogP contribution is -2.33. The van der Waals surface area contributed by atoms with Gasteiger partial charge in [0.05, 0.1) is 12.2 Å². The average Bonchev–Trinajstić information content (AvgIpc) is 2.77. The van der Waals surface area contributed by atoms with Crippen molar-refractivity contribution in [3.63, 3.8) is 0 Å². The summed E-state index contributed by atoms with van der Waals surface area (Å²) in [6.45, 7) is 5.29. The molecule has 1 aromatic carbocycles. The number of benzene rings is 1. The number of nitrogens with two attached hydrogens (primary N) is 1. The molecule has 0 amide bonds. The third kappa shape index (κ3) is 3.85. The highest BCUT2D eigenvalue weighted by Crippen LogP contribution is 2.09. The van der Waals surface area contributed by atoms with Crippen LogP contribution in [-0.4, -0.2) is 22.7 Å². The quantitative estimate of drug-likeness (QED) is 0.572. The highest BCUT2D eigenvalue weighted by Gasteiger charge is 2.05. The maximum Gasteiger partial charge on any atom is 0.188 e. The van der Waals surface area contributed by atoms with E-state index >= 15 is 0 Å². The summed E-state index contributed by atoms with van der Waals surface area (Å²) in [6.07, 6.45) is 0.931. The van der Waals surface area contributed by atoms with Gasteiger partial charge in [-0.1, -0.05) is 30.3 Å². The Bertz CT molecular complexity index is 552. The number of nitrogens with one attached hydrogen (secondary N) is 2. The lowest BCUT2D eigenvalue weighted by Gasteiger charge is -2.06. The van der Waals surface area contributed by atoms with Crippen molar-refractivity contribution in [2.75, 3.05) is 6.54 Å². The van der Waals surface area contributed by atoms with E-state index in [1.54, 1.807) is 0 Å². The summed E-state index contributed by atoms with van der Waals surface area (Å²) in [6, 6.07) is 10.3. The first-order chi connectivity index (χ1) is 9.66. The fourth-order valence-corrected chi connectivity index (χ4v) is 2.01. The molecule has 0 spiro atoms. The molecule has 5 nitrogen and oxygen atoms in total. The minimum Gasteiger partial charge on any atom is -0.370 e. The summed E-state index contributed by atoms with van der Waals surface area (Å²) in [5, 5.41) is 10.2. The summed E-state index contributed by atoms with van der Waals surface area (Å²) in [7, 11) is 0. The van der Waals surface area contributed by atoms with Crippen molar-refractivity contribution in [1.29, 1.82) is 0 Å². The van der Waals surface area contributed by atoms with Gasteiger partial charge in [0, 0.05) is 17.8 Å². The van der Waals surface area contributed by atoms with Crippen LogP contribution in [0.25, 0.3) is 0 Å². The number of aryl methyl sites for hydroxylation is 2. The van der Waals surface area contributed by atoms with Gasteiger partial charge in [-0.3, -0.25) is 5.10 Å². The number of aliphatic imine (C=N–C) groups is 1. The fourth-order valence-electron chi connectivity index (χ4n) is 2.01. The summed E-state index contributed by atoms with van der Waals surface area (Å²) in [5.74, 6) is 0.473. The maximum absolute atomic E-state index is 5.86. The number of hydrogen-bond acceptors (Lipinski definition) is 2. The molecule has 2 aromatic rings. The van der Waals surface area contributed by atoms with Crippen molar-refractivity contribution in [2.45, 2.75) is 26.8 Å². The Hall–Kier alpha value is -2.30. The Morgan fingerprint density at radius 2 is 2.05 bits per heavy atom. The van der Waals surface area contributed by atoms with Gasteiger partial charge < -0.3 is 11.1 Å². The maximum atomic E-state index is 5.86. The second kappa shape index (κ2) is 6.75. The fraction of sp³-hybridized carbons (Fsp3) is 0.333. The van der Waals surface area contributed by atoms with Crippen LogP contribution in [0, 0.1) is 13.8 Å². The van der Waals surface area contributed by atoms with E-state index in [-0.39, 0.29) is 0 Å². The number of guanidine groups is 1. The first-order valence-corrected chi connectivity index (χ1v) is 6.75. The predicted octanol–water partition coefficient (Wildman–Crippen LogP) is 1.67. The first-order valence-electron chi connectivity index (χ1n) is 6.75. The molecule has 1 heterocycles. The lowest BCUT2D eigenvalue weighted by molar-refractivity contribution is 0.847. The van der Waals surface area contributed by atoms with Crippen LogP contribution >= 0.6 is 0 Å². The molecule has 4 N–H and O–H groups in total. The van der Waals surface area contributed by atoms with Gasteiger partial charge in [0.25, 0.3) is 0 Å². The molecule has 2 rings (SSSR count). The number of H-pyrrole nitrogens is 1. The topological polar surface area (TPSA) is 79.1 Å². The van der Waals surface area contributed by atoms with Crippen molar-refractivity contribution >= 4 is 5.96 Å². The van der Waals surface area contributed by atoms with Gasteiger partial charge in [-0.2, -0.15) is 5.10 Å². The number of hydrogen-bond donors (Lipinski definition) is 3. The summed E-state index contributed by atoms with van der Waals surface area (Å²) in [5.41, 5.74) is 10.3. The van der Waals surface area contributed by atoms with E-state index in [0.29, 0.717) is 12.5 Å². The van der Waals surface area contributed by atoms with Gasteiger partial charge in [-0.15, -0.1) is 0 Å².